The normalized spacial score (nSPS) is 11.0. The maximum Gasteiger partial charge on any atom is 1.00 e. The Labute approximate surface area is 403 Å². The van der Waals surface area contributed by atoms with E-state index in [4.69, 9.17) is 6.58 Å². The molecule has 0 unspecified atom stereocenters. The molecule has 11 aromatic rings. The number of aryl methyl sites for hydroxylation is 1. The van der Waals surface area contributed by atoms with Gasteiger partial charge in [0.25, 0.3) is 0 Å². The van der Waals surface area contributed by atoms with Crippen molar-refractivity contribution in [1.29, 1.82) is 0 Å². The van der Waals surface area contributed by atoms with E-state index in [2.05, 4.69) is 247 Å². The second kappa shape index (κ2) is 20.0. The van der Waals surface area contributed by atoms with Gasteiger partial charge >= 0.3 is 22.4 Å². The molecule has 0 spiro atoms. The molecule has 0 saturated heterocycles. The fraction of sp³-hybridized carbons (Fsp3) is 0.0175. The average Bonchev–Trinajstić information content (AvgIpc) is 3.81. The third-order valence-electron chi connectivity index (χ3n) is 11.7. The summed E-state index contributed by atoms with van der Waals surface area (Å²) in [4.78, 5) is 0. The van der Waals surface area contributed by atoms with Crippen LogP contribution in [0.5, 0.6) is 0 Å². The van der Waals surface area contributed by atoms with Crippen LogP contribution in [0.25, 0.3) is 55.4 Å². The summed E-state index contributed by atoms with van der Waals surface area (Å²) >= 11 is 0. The Morgan fingerprint density at radius 3 is 1.27 bits per heavy atom. The van der Waals surface area contributed by atoms with Crippen molar-refractivity contribution in [3.63, 3.8) is 0 Å². The third kappa shape index (κ3) is 8.68. The SMILES string of the molecule is [Au+].[Au].[CH-]=Cc1ccc2c3ccccc3n(C)c2c1.c1ccc(-n2c3ccccc3c3cc([PH+](c4ccccc4)c4ccccc4)c([PH+](c4ccccc4)c4ccccc4)cc32)cc1. The molecule has 0 fully saturated rings. The van der Waals surface area contributed by atoms with Gasteiger partial charge in [0.15, 0.2) is 0 Å². The zero-order valence-corrected chi connectivity index (χ0v) is 40.9. The van der Waals surface area contributed by atoms with E-state index in [1.807, 2.05) is 0 Å². The third-order valence-corrected chi connectivity index (χ3v) is 17.5. The Morgan fingerprint density at radius 2 is 0.778 bits per heavy atom. The molecule has 2 nitrogen and oxygen atoms in total. The minimum atomic E-state index is -1.38. The van der Waals surface area contributed by atoms with Crippen molar-refractivity contribution in [2.45, 2.75) is 0 Å². The van der Waals surface area contributed by atoms with Gasteiger partial charge in [0.2, 0.25) is 0 Å². The van der Waals surface area contributed by atoms with Gasteiger partial charge in [-0.25, -0.2) is 6.08 Å². The van der Waals surface area contributed by atoms with Crippen LogP contribution < -0.4 is 31.8 Å². The summed E-state index contributed by atoms with van der Waals surface area (Å²) in [7, 11) is -0.653. The molecule has 0 bridgehead atoms. The molecule has 313 valence electrons. The minimum absolute atomic E-state index is 0. The van der Waals surface area contributed by atoms with Gasteiger partial charge in [0.1, 0.15) is 47.7 Å². The first kappa shape index (κ1) is 44.3. The maximum atomic E-state index is 5.55. The largest absolute Gasteiger partial charge is 1.00 e. The first-order valence-corrected chi connectivity index (χ1v) is 23.8. The number of benzene rings is 9. The van der Waals surface area contributed by atoms with Gasteiger partial charge in [-0.2, -0.15) is 5.56 Å². The van der Waals surface area contributed by atoms with E-state index in [1.165, 1.54) is 81.1 Å². The molecule has 0 amide bonds. The summed E-state index contributed by atoms with van der Waals surface area (Å²) in [5, 5.41) is 13.7. The quantitative estimate of drug-likeness (QED) is 0.0815. The van der Waals surface area contributed by atoms with Crippen LogP contribution in [0, 0.1) is 6.58 Å². The molecular weight excluding hydrogens is 1170 g/mol. The topological polar surface area (TPSA) is 9.86 Å². The molecule has 0 N–H and O–H groups in total. The molecule has 1 radical (unpaired) electrons. The van der Waals surface area contributed by atoms with Crippen LogP contribution in [0.1, 0.15) is 5.56 Å². The van der Waals surface area contributed by atoms with Gasteiger partial charge < -0.3 is 9.13 Å². The Kier molecular flexibility index (Phi) is 14.1. The van der Waals surface area contributed by atoms with Crippen molar-refractivity contribution in [3.8, 4) is 5.69 Å². The van der Waals surface area contributed by atoms with Crippen molar-refractivity contribution >= 4 is 97.4 Å². The predicted molar refractivity (Wildman–Crippen MR) is 270 cm³/mol. The van der Waals surface area contributed by atoms with Crippen LogP contribution in [0.3, 0.4) is 0 Å². The minimum Gasteiger partial charge on any atom is -0.345 e. The molecule has 0 saturated carbocycles. The van der Waals surface area contributed by atoms with Gasteiger partial charge in [-0.3, -0.25) is 6.58 Å². The zero-order chi connectivity index (χ0) is 41.1. The van der Waals surface area contributed by atoms with E-state index < -0.39 is 15.8 Å². The summed E-state index contributed by atoms with van der Waals surface area (Å²) in [6.45, 7) is 5.55. The summed E-state index contributed by atoms with van der Waals surface area (Å²) < 4.78 is 4.67. The van der Waals surface area contributed by atoms with Crippen LogP contribution >= 0.6 is 15.8 Å². The summed E-state index contributed by atoms with van der Waals surface area (Å²) in [5.41, 5.74) is 7.22. The number of fused-ring (bicyclic) bond motifs is 6. The Hall–Kier alpha value is -5.34. The fourth-order valence-electron chi connectivity index (χ4n) is 8.94. The van der Waals surface area contributed by atoms with Crippen molar-refractivity contribution < 1.29 is 44.8 Å². The van der Waals surface area contributed by atoms with Crippen molar-refractivity contribution in [2.24, 2.45) is 7.05 Å². The standard InChI is InChI=1S/C42H31NP2.C15H12N.2Au/c1-6-18-32(19-7-1)43-39-29-17-16-28-37(39)38-30-41(44(33-20-8-2-9-21-33)34-22-10-3-11-23-34)42(31-40(38)43)45(35-24-12-4-13-25-35)36-26-14-5-15-27-36;1-3-11-8-9-13-12-6-4-5-7-14(12)16(2)15(13)10-11;;/h1-31H;1,3-10H,2H3;;/q;-1;;+1/p+2. The molecular formula is C57H45Au2N2P2+2. The van der Waals surface area contributed by atoms with Crippen LogP contribution in [0.15, 0.2) is 231 Å². The second-order valence-corrected chi connectivity index (χ2v) is 20.2. The number of hydrogen-bond acceptors (Lipinski definition) is 0. The molecule has 9 aromatic carbocycles. The van der Waals surface area contributed by atoms with E-state index in [9.17, 15) is 0 Å². The smallest absolute Gasteiger partial charge is 0.345 e. The molecule has 0 atom stereocenters. The zero-order valence-electron chi connectivity index (χ0n) is 34.6. The Balaban J connectivity index is 0.000000254. The van der Waals surface area contributed by atoms with E-state index in [0.717, 1.165) is 5.56 Å². The van der Waals surface area contributed by atoms with E-state index in [0.29, 0.717) is 0 Å². The summed E-state index contributed by atoms with van der Waals surface area (Å²) in [6, 6.07) is 84.4. The molecule has 0 aliphatic rings. The molecule has 0 aliphatic heterocycles. The summed E-state index contributed by atoms with van der Waals surface area (Å²) in [5.74, 6) is 0. The number of rotatable bonds is 8. The first-order chi connectivity index (χ1) is 30.2. The van der Waals surface area contributed by atoms with Gasteiger partial charge in [-0.1, -0.05) is 133 Å². The van der Waals surface area contributed by atoms with E-state index in [1.54, 1.807) is 6.08 Å². The van der Waals surface area contributed by atoms with Crippen molar-refractivity contribution in [3.05, 3.63) is 243 Å². The maximum absolute atomic E-state index is 5.55. The van der Waals surface area contributed by atoms with E-state index in [-0.39, 0.29) is 44.8 Å². The number of nitrogens with zero attached hydrogens (tertiary/aromatic N) is 2. The van der Waals surface area contributed by atoms with E-state index >= 15 is 0 Å². The van der Waals surface area contributed by atoms with Gasteiger partial charge in [0, 0.05) is 73.8 Å². The molecule has 11 rings (SSSR count). The monoisotopic (exact) mass is 1210 g/mol. The average molecular weight is 1210 g/mol. The molecule has 0 aliphatic carbocycles. The first-order valence-electron chi connectivity index (χ1n) is 20.8. The van der Waals surface area contributed by atoms with Crippen molar-refractivity contribution in [1.82, 2.24) is 9.13 Å². The molecule has 63 heavy (non-hydrogen) atoms. The van der Waals surface area contributed by atoms with Crippen LogP contribution in [-0.4, -0.2) is 9.13 Å². The molecule has 6 heteroatoms. The fourth-order valence-corrected chi connectivity index (χ4v) is 15.0. The number of para-hydroxylation sites is 3. The van der Waals surface area contributed by atoms with Crippen LogP contribution in [0.2, 0.25) is 0 Å². The second-order valence-electron chi connectivity index (χ2n) is 15.3. The van der Waals surface area contributed by atoms with Crippen molar-refractivity contribution in [2.75, 3.05) is 0 Å². The Bertz CT molecular complexity index is 3200. The summed E-state index contributed by atoms with van der Waals surface area (Å²) in [6.07, 6.45) is 1.64. The number of hydrogen-bond donors (Lipinski definition) is 0. The van der Waals surface area contributed by atoms with Crippen LogP contribution in [0.4, 0.5) is 0 Å². The molecule has 2 aromatic heterocycles. The van der Waals surface area contributed by atoms with Gasteiger partial charge in [-0.05, 0) is 78.9 Å². The Morgan fingerprint density at radius 1 is 0.381 bits per heavy atom. The molecule has 2 heterocycles. The number of aromatic nitrogens is 2. The van der Waals surface area contributed by atoms with Gasteiger partial charge in [0.05, 0.1) is 11.0 Å². The van der Waals surface area contributed by atoms with Crippen LogP contribution in [-0.2, 0) is 51.8 Å². The van der Waals surface area contributed by atoms with Gasteiger partial charge in [-0.15, -0.1) is 12.1 Å². The predicted octanol–water partition coefficient (Wildman–Crippen LogP) is 11.5.